The molecule has 0 aliphatic carbocycles. The molecule has 2 nitrogen and oxygen atoms in total. The summed E-state index contributed by atoms with van der Waals surface area (Å²) in [5, 5.41) is 2.89. The summed E-state index contributed by atoms with van der Waals surface area (Å²) in [7, 11) is -1.31. The Hall–Kier alpha value is -1.53. The summed E-state index contributed by atoms with van der Waals surface area (Å²) in [6.07, 6.45) is 0.849. The van der Waals surface area contributed by atoms with Crippen molar-refractivity contribution in [2.45, 2.75) is 46.0 Å². The van der Waals surface area contributed by atoms with Crippen molar-refractivity contribution < 1.29 is 4.79 Å². The van der Waals surface area contributed by atoms with Gasteiger partial charge in [-0.3, -0.25) is 4.79 Å². The van der Waals surface area contributed by atoms with Crippen LogP contribution in [-0.2, 0) is 11.2 Å². The molecule has 19 heavy (non-hydrogen) atoms. The number of carbonyl (C=O) groups excluding carboxylic acids is 1. The lowest BCUT2D eigenvalue weighted by Crippen LogP contribution is -2.31. The number of nitrogens with one attached hydrogen (secondary N) is 1. The maximum Gasteiger partial charge on any atom is 0.217 e. The first-order valence-corrected chi connectivity index (χ1v) is 10.2. The molecule has 0 aliphatic heterocycles. The van der Waals surface area contributed by atoms with Crippen molar-refractivity contribution in [1.29, 1.82) is 0 Å². The second-order valence-corrected chi connectivity index (χ2v) is 10.8. The summed E-state index contributed by atoms with van der Waals surface area (Å²) in [6, 6.07) is 8.46. The standard InChI is InChI=1S/C16H23NOSi/c1-13(17-14(2)18)12-16-8-6-15(7-9-16)10-11-19(3,4)5/h6-9,13H,12H2,1-5H3,(H,17,18). The third-order valence-corrected chi connectivity index (χ3v) is 3.40. The first-order valence-electron chi connectivity index (χ1n) is 6.65. The maximum atomic E-state index is 11.0. The van der Waals surface area contributed by atoms with E-state index in [0.717, 1.165) is 12.0 Å². The number of benzene rings is 1. The Morgan fingerprint density at radius 3 is 2.32 bits per heavy atom. The van der Waals surface area contributed by atoms with Crippen LogP contribution in [0.5, 0.6) is 0 Å². The monoisotopic (exact) mass is 273 g/mol. The van der Waals surface area contributed by atoms with Gasteiger partial charge in [0, 0.05) is 18.5 Å². The molecule has 0 saturated carbocycles. The van der Waals surface area contributed by atoms with Gasteiger partial charge in [-0.2, -0.15) is 0 Å². The fourth-order valence-corrected chi connectivity index (χ4v) is 2.25. The molecule has 1 amide bonds. The summed E-state index contributed by atoms with van der Waals surface area (Å²) < 4.78 is 0. The summed E-state index contributed by atoms with van der Waals surface area (Å²) in [4.78, 5) is 11.0. The van der Waals surface area contributed by atoms with Gasteiger partial charge in [0.15, 0.2) is 0 Å². The average molecular weight is 273 g/mol. The summed E-state index contributed by atoms with van der Waals surface area (Å²) in [6.45, 7) is 10.3. The molecule has 0 saturated heterocycles. The smallest absolute Gasteiger partial charge is 0.217 e. The van der Waals surface area contributed by atoms with E-state index >= 15 is 0 Å². The molecule has 1 aromatic rings. The number of hydrogen-bond donors (Lipinski definition) is 1. The van der Waals surface area contributed by atoms with Crippen LogP contribution in [0.15, 0.2) is 24.3 Å². The van der Waals surface area contributed by atoms with Gasteiger partial charge < -0.3 is 5.32 Å². The Balaban J connectivity index is 2.66. The van der Waals surface area contributed by atoms with Gasteiger partial charge in [0.05, 0.1) is 0 Å². The van der Waals surface area contributed by atoms with Gasteiger partial charge in [-0.1, -0.05) is 37.7 Å². The Labute approximate surface area is 117 Å². The van der Waals surface area contributed by atoms with Gasteiger partial charge in [0.25, 0.3) is 0 Å². The van der Waals surface area contributed by atoms with Crippen molar-refractivity contribution in [2.24, 2.45) is 0 Å². The molecular formula is C16H23NOSi. The van der Waals surface area contributed by atoms with Crippen molar-refractivity contribution >= 4 is 14.0 Å². The zero-order valence-electron chi connectivity index (χ0n) is 12.5. The highest BCUT2D eigenvalue weighted by atomic mass is 28.3. The van der Waals surface area contributed by atoms with E-state index in [-0.39, 0.29) is 11.9 Å². The predicted molar refractivity (Wildman–Crippen MR) is 83.6 cm³/mol. The first kappa shape index (κ1) is 15.5. The lowest BCUT2D eigenvalue weighted by Gasteiger charge is -2.12. The van der Waals surface area contributed by atoms with Crippen LogP contribution in [0.25, 0.3) is 0 Å². The fraction of sp³-hybridized carbons (Fsp3) is 0.438. The second kappa shape index (κ2) is 6.58. The van der Waals surface area contributed by atoms with Crippen LogP contribution in [0.1, 0.15) is 25.0 Å². The number of carbonyl (C=O) groups is 1. The third-order valence-electron chi connectivity index (χ3n) is 2.53. The van der Waals surface area contributed by atoms with E-state index < -0.39 is 8.07 Å². The SMILES string of the molecule is CC(=O)NC(C)Cc1ccc(C#C[Si](C)(C)C)cc1. The van der Waals surface area contributed by atoms with E-state index in [1.165, 1.54) is 5.56 Å². The summed E-state index contributed by atoms with van der Waals surface area (Å²) >= 11 is 0. The highest BCUT2D eigenvalue weighted by molar-refractivity contribution is 6.83. The van der Waals surface area contributed by atoms with Gasteiger partial charge in [0.1, 0.15) is 8.07 Å². The minimum atomic E-state index is -1.31. The quantitative estimate of drug-likeness (QED) is 0.666. The molecule has 0 fully saturated rings. The Kier molecular flexibility index (Phi) is 5.38. The van der Waals surface area contributed by atoms with E-state index in [1.54, 1.807) is 6.92 Å². The average Bonchev–Trinajstić information content (AvgIpc) is 2.26. The van der Waals surface area contributed by atoms with Crippen LogP contribution in [-0.4, -0.2) is 20.0 Å². The molecule has 0 bridgehead atoms. The normalized spacial score (nSPS) is 12.3. The summed E-state index contributed by atoms with van der Waals surface area (Å²) in [5.74, 6) is 3.26. The van der Waals surface area contributed by atoms with Gasteiger partial charge in [-0.15, -0.1) is 5.54 Å². The minimum Gasteiger partial charge on any atom is -0.354 e. The summed E-state index contributed by atoms with van der Waals surface area (Å²) in [5.41, 5.74) is 5.65. The molecule has 0 aromatic heterocycles. The molecular weight excluding hydrogens is 250 g/mol. The van der Waals surface area contributed by atoms with E-state index in [9.17, 15) is 4.79 Å². The largest absolute Gasteiger partial charge is 0.354 e. The minimum absolute atomic E-state index is 0.0186. The van der Waals surface area contributed by atoms with E-state index in [2.05, 4.69) is 60.7 Å². The van der Waals surface area contributed by atoms with Crippen molar-refractivity contribution in [3.63, 3.8) is 0 Å². The molecule has 1 unspecified atom stereocenters. The van der Waals surface area contributed by atoms with Gasteiger partial charge >= 0.3 is 0 Å². The molecule has 1 N–H and O–H groups in total. The molecule has 0 aliphatic rings. The van der Waals surface area contributed by atoms with Gasteiger partial charge in [-0.05, 0) is 31.0 Å². The highest BCUT2D eigenvalue weighted by Gasteiger charge is 2.07. The van der Waals surface area contributed by atoms with E-state index in [4.69, 9.17) is 0 Å². The molecule has 102 valence electrons. The highest BCUT2D eigenvalue weighted by Crippen LogP contribution is 2.07. The number of rotatable bonds is 3. The molecule has 0 heterocycles. The number of amides is 1. The van der Waals surface area contributed by atoms with Crippen molar-refractivity contribution in [2.75, 3.05) is 0 Å². The van der Waals surface area contributed by atoms with Crippen LogP contribution in [0.3, 0.4) is 0 Å². The molecule has 0 spiro atoms. The van der Waals surface area contributed by atoms with Crippen LogP contribution in [0.4, 0.5) is 0 Å². The Morgan fingerprint density at radius 1 is 1.26 bits per heavy atom. The Bertz CT molecular complexity index is 488. The fourth-order valence-electron chi connectivity index (χ4n) is 1.74. The van der Waals surface area contributed by atoms with Crippen molar-refractivity contribution in [3.05, 3.63) is 35.4 Å². The Morgan fingerprint density at radius 2 is 1.84 bits per heavy atom. The zero-order chi connectivity index (χ0) is 14.5. The third kappa shape index (κ3) is 6.83. The van der Waals surface area contributed by atoms with E-state index in [0.29, 0.717) is 0 Å². The van der Waals surface area contributed by atoms with Crippen molar-refractivity contribution in [1.82, 2.24) is 5.32 Å². The maximum absolute atomic E-state index is 11.0. The predicted octanol–water partition coefficient (Wildman–Crippen LogP) is 2.98. The molecule has 1 rings (SSSR count). The lowest BCUT2D eigenvalue weighted by atomic mass is 10.1. The molecule has 1 aromatic carbocycles. The molecule has 0 radical (unpaired) electrons. The zero-order valence-corrected chi connectivity index (χ0v) is 13.5. The lowest BCUT2D eigenvalue weighted by molar-refractivity contribution is -0.119. The molecule has 1 atom stereocenters. The second-order valence-electron chi connectivity index (χ2n) is 6.00. The molecule has 3 heteroatoms. The van der Waals surface area contributed by atoms with Gasteiger partial charge in [-0.25, -0.2) is 0 Å². The van der Waals surface area contributed by atoms with E-state index in [1.807, 2.05) is 6.92 Å². The van der Waals surface area contributed by atoms with Crippen LogP contribution in [0, 0.1) is 11.5 Å². The van der Waals surface area contributed by atoms with Crippen LogP contribution in [0.2, 0.25) is 19.6 Å². The van der Waals surface area contributed by atoms with Gasteiger partial charge in [0.2, 0.25) is 5.91 Å². The van der Waals surface area contributed by atoms with Crippen LogP contribution >= 0.6 is 0 Å². The van der Waals surface area contributed by atoms with Crippen molar-refractivity contribution in [3.8, 4) is 11.5 Å². The number of hydrogen-bond acceptors (Lipinski definition) is 1. The topological polar surface area (TPSA) is 29.1 Å². The first-order chi connectivity index (χ1) is 8.76. The van der Waals surface area contributed by atoms with Crippen LogP contribution < -0.4 is 5.32 Å².